The quantitative estimate of drug-likeness (QED) is 0.808. The largest absolute Gasteiger partial charge is 0.497 e. The molecule has 2 rings (SSSR count). The van der Waals surface area contributed by atoms with E-state index in [1.807, 2.05) is 55.5 Å². The Labute approximate surface area is 142 Å². The molecule has 0 saturated carbocycles. The first kappa shape index (κ1) is 17.8. The summed E-state index contributed by atoms with van der Waals surface area (Å²) in [6.45, 7) is 2.30. The Balaban J connectivity index is 1.80. The SMILES string of the molecule is COc1ccc(COCC(=O)N[C@@H](C)c2ccccc2OC)cc1. The van der Waals surface area contributed by atoms with Crippen molar-refractivity contribution in [2.75, 3.05) is 20.8 Å². The lowest BCUT2D eigenvalue weighted by molar-refractivity contribution is -0.126. The number of carbonyl (C=O) groups excluding carboxylic acids is 1. The van der Waals surface area contributed by atoms with Crippen molar-refractivity contribution in [3.05, 3.63) is 59.7 Å². The molecule has 0 radical (unpaired) electrons. The maximum Gasteiger partial charge on any atom is 0.246 e. The number of benzene rings is 2. The highest BCUT2D eigenvalue weighted by Gasteiger charge is 2.13. The van der Waals surface area contributed by atoms with Gasteiger partial charge in [0.1, 0.15) is 18.1 Å². The van der Waals surface area contributed by atoms with Crippen LogP contribution in [0, 0.1) is 0 Å². The lowest BCUT2D eigenvalue weighted by Crippen LogP contribution is -2.30. The summed E-state index contributed by atoms with van der Waals surface area (Å²) in [5.41, 5.74) is 1.92. The first-order chi connectivity index (χ1) is 11.6. The van der Waals surface area contributed by atoms with Gasteiger partial charge < -0.3 is 19.5 Å². The summed E-state index contributed by atoms with van der Waals surface area (Å²) in [7, 11) is 3.24. The van der Waals surface area contributed by atoms with Crippen molar-refractivity contribution in [3.63, 3.8) is 0 Å². The zero-order valence-corrected chi connectivity index (χ0v) is 14.2. The summed E-state index contributed by atoms with van der Waals surface area (Å²) >= 11 is 0. The van der Waals surface area contributed by atoms with Crippen LogP contribution >= 0.6 is 0 Å². The molecule has 1 N–H and O–H groups in total. The molecule has 128 valence electrons. The third-order valence-corrected chi connectivity index (χ3v) is 3.64. The Kier molecular flexibility index (Phi) is 6.63. The molecule has 5 heteroatoms. The van der Waals surface area contributed by atoms with Crippen LogP contribution in [0.15, 0.2) is 48.5 Å². The number of nitrogens with one attached hydrogen (secondary N) is 1. The standard InChI is InChI=1S/C19H23NO4/c1-14(17-6-4-5-7-18(17)23-3)20-19(21)13-24-12-15-8-10-16(22-2)11-9-15/h4-11,14H,12-13H2,1-3H3,(H,20,21)/t14-/m0/s1. The van der Waals surface area contributed by atoms with Crippen LogP contribution in [0.4, 0.5) is 0 Å². The van der Waals surface area contributed by atoms with Crippen molar-refractivity contribution in [3.8, 4) is 11.5 Å². The normalized spacial score (nSPS) is 11.6. The van der Waals surface area contributed by atoms with Gasteiger partial charge in [-0.2, -0.15) is 0 Å². The minimum Gasteiger partial charge on any atom is -0.497 e. The summed E-state index contributed by atoms with van der Waals surface area (Å²) in [6.07, 6.45) is 0. The van der Waals surface area contributed by atoms with Gasteiger partial charge >= 0.3 is 0 Å². The molecule has 0 aliphatic heterocycles. The maximum absolute atomic E-state index is 12.0. The van der Waals surface area contributed by atoms with E-state index in [9.17, 15) is 4.79 Å². The average Bonchev–Trinajstić information content (AvgIpc) is 2.62. The minimum atomic E-state index is -0.165. The molecule has 5 nitrogen and oxygen atoms in total. The topological polar surface area (TPSA) is 56.8 Å². The van der Waals surface area contributed by atoms with E-state index in [4.69, 9.17) is 14.2 Å². The van der Waals surface area contributed by atoms with Gasteiger partial charge in [0, 0.05) is 5.56 Å². The number of methoxy groups -OCH3 is 2. The zero-order chi connectivity index (χ0) is 17.4. The van der Waals surface area contributed by atoms with Crippen molar-refractivity contribution in [2.45, 2.75) is 19.6 Å². The molecule has 24 heavy (non-hydrogen) atoms. The minimum absolute atomic E-state index is 0.00547. The number of hydrogen-bond donors (Lipinski definition) is 1. The lowest BCUT2D eigenvalue weighted by atomic mass is 10.1. The molecule has 0 saturated heterocycles. The number of amides is 1. The van der Waals surface area contributed by atoms with Gasteiger partial charge in [0.15, 0.2) is 0 Å². The van der Waals surface area contributed by atoms with Crippen molar-refractivity contribution in [1.82, 2.24) is 5.32 Å². The van der Waals surface area contributed by atoms with Crippen molar-refractivity contribution >= 4 is 5.91 Å². The van der Waals surface area contributed by atoms with Crippen LogP contribution < -0.4 is 14.8 Å². The van der Waals surface area contributed by atoms with E-state index < -0.39 is 0 Å². The zero-order valence-electron chi connectivity index (χ0n) is 14.2. The maximum atomic E-state index is 12.0. The smallest absolute Gasteiger partial charge is 0.246 e. The van der Waals surface area contributed by atoms with E-state index in [0.29, 0.717) is 6.61 Å². The molecule has 0 aliphatic rings. The van der Waals surface area contributed by atoms with E-state index in [2.05, 4.69) is 5.32 Å². The fourth-order valence-electron chi connectivity index (χ4n) is 2.37. The molecule has 2 aromatic rings. The van der Waals surface area contributed by atoms with E-state index in [0.717, 1.165) is 22.6 Å². The second kappa shape index (κ2) is 8.93. The summed E-state index contributed by atoms with van der Waals surface area (Å²) in [5, 5.41) is 2.91. The molecular weight excluding hydrogens is 306 g/mol. The fourth-order valence-corrected chi connectivity index (χ4v) is 2.37. The van der Waals surface area contributed by atoms with Crippen LogP contribution in [-0.4, -0.2) is 26.7 Å². The van der Waals surface area contributed by atoms with Gasteiger partial charge in [-0.1, -0.05) is 30.3 Å². The molecule has 0 unspecified atom stereocenters. The van der Waals surface area contributed by atoms with Gasteiger partial charge in [0.25, 0.3) is 0 Å². The molecule has 0 aliphatic carbocycles. The Morgan fingerprint density at radius 1 is 1.04 bits per heavy atom. The molecule has 1 atom stereocenters. The predicted molar refractivity (Wildman–Crippen MR) is 92.2 cm³/mol. The first-order valence-corrected chi connectivity index (χ1v) is 7.77. The Morgan fingerprint density at radius 2 is 1.75 bits per heavy atom. The molecule has 0 fully saturated rings. The summed E-state index contributed by atoms with van der Waals surface area (Å²) in [5.74, 6) is 1.38. The predicted octanol–water partition coefficient (Wildman–Crippen LogP) is 3.10. The molecule has 0 heterocycles. The average molecular weight is 329 g/mol. The van der Waals surface area contributed by atoms with Crippen LogP contribution in [-0.2, 0) is 16.1 Å². The second-order valence-corrected chi connectivity index (χ2v) is 5.37. The highest BCUT2D eigenvalue weighted by atomic mass is 16.5. The van der Waals surface area contributed by atoms with Gasteiger partial charge in [0.05, 0.1) is 26.9 Å². The number of ether oxygens (including phenoxy) is 3. The molecule has 0 bridgehead atoms. The molecular formula is C19H23NO4. The third kappa shape index (κ3) is 4.99. The lowest BCUT2D eigenvalue weighted by Gasteiger charge is -2.17. The van der Waals surface area contributed by atoms with Crippen molar-refractivity contribution in [1.29, 1.82) is 0 Å². The molecule has 1 amide bonds. The van der Waals surface area contributed by atoms with E-state index in [-0.39, 0.29) is 18.6 Å². The van der Waals surface area contributed by atoms with Crippen molar-refractivity contribution in [2.24, 2.45) is 0 Å². The summed E-state index contributed by atoms with van der Waals surface area (Å²) in [6, 6.07) is 15.0. The fraction of sp³-hybridized carbons (Fsp3) is 0.316. The molecule has 2 aromatic carbocycles. The number of para-hydroxylation sites is 1. The van der Waals surface area contributed by atoms with Gasteiger partial charge in [0.2, 0.25) is 5.91 Å². The number of carbonyl (C=O) groups is 1. The summed E-state index contributed by atoms with van der Waals surface area (Å²) in [4.78, 5) is 12.0. The Hall–Kier alpha value is -2.53. The highest BCUT2D eigenvalue weighted by Crippen LogP contribution is 2.24. The Bertz CT molecular complexity index is 655. The first-order valence-electron chi connectivity index (χ1n) is 7.77. The van der Waals surface area contributed by atoms with Gasteiger partial charge in [-0.05, 0) is 30.7 Å². The van der Waals surface area contributed by atoms with Gasteiger partial charge in [-0.15, -0.1) is 0 Å². The van der Waals surface area contributed by atoms with Crippen LogP contribution in [0.5, 0.6) is 11.5 Å². The van der Waals surface area contributed by atoms with Gasteiger partial charge in [-0.3, -0.25) is 4.79 Å². The molecule has 0 spiro atoms. The molecule has 0 aromatic heterocycles. The van der Waals surface area contributed by atoms with Crippen LogP contribution in [0.2, 0.25) is 0 Å². The number of rotatable bonds is 8. The van der Waals surface area contributed by atoms with E-state index in [1.54, 1.807) is 14.2 Å². The Morgan fingerprint density at radius 3 is 2.42 bits per heavy atom. The van der Waals surface area contributed by atoms with Crippen LogP contribution in [0.1, 0.15) is 24.1 Å². The van der Waals surface area contributed by atoms with Crippen LogP contribution in [0.25, 0.3) is 0 Å². The third-order valence-electron chi connectivity index (χ3n) is 3.64. The van der Waals surface area contributed by atoms with Crippen LogP contribution in [0.3, 0.4) is 0 Å². The highest BCUT2D eigenvalue weighted by molar-refractivity contribution is 5.77. The number of hydrogen-bond acceptors (Lipinski definition) is 4. The monoisotopic (exact) mass is 329 g/mol. The van der Waals surface area contributed by atoms with E-state index in [1.165, 1.54) is 0 Å². The summed E-state index contributed by atoms with van der Waals surface area (Å²) < 4.78 is 15.9. The van der Waals surface area contributed by atoms with Gasteiger partial charge in [-0.25, -0.2) is 0 Å². The van der Waals surface area contributed by atoms with Crippen molar-refractivity contribution < 1.29 is 19.0 Å². The van der Waals surface area contributed by atoms with E-state index >= 15 is 0 Å². The second-order valence-electron chi connectivity index (χ2n) is 5.37.